The third-order valence-corrected chi connectivity index (χ3v) is 3.89. The van der Waals surface area contributed by atoms with E-state index in [4.69, 9.17) is 9.31 Å². The molecule has 0 saturated carbocycles. The van der Waals surface area contributed by atoms with E-state index >= 15 is 0 Å². The van der Waals surface area contributed by atoms with E-state index in [0.29, 0.717) is 12.4 Å². The van der Waals surface area contributed by atoms with Crippen molar-refractivity contribution in [2.24, 2.45) is 0 Å². The number of hydrogen-bond acceptors (Lipinski definition) is 5. The summed E-state index contributed by atoms with van der Waals surface area (Å²) in [6.07, 6.45) is 1.29. The van der Waals surface area contributed by atoms with Gasteiger partial charge < -0.3 is 19.7 Å². The lowest BCUT2D eigenvalue weighted by Gasteiger charge is -2.32. The Morgan fingerprint density at radius 1 is 1.30 bits per heavy atom. The second-order valence-corrected chi connectivity index (χ2v) is 6.29. The largest absolute Gasteiger partial charge is 0.495 e. The molecular weight excluding hydrogens is 255 g/mol. The van der Waals surface area contributed by atoms with Gasteiger partial charge in [0.1, 0.15) is 5.82 Å². The van der Waals surface area contributed by atoms with Crippen LogP contribution in [0, 0.1) is 0 Å². The summed E-state index contributed by atoms with van der Waals surface area (Å²) in [5.41, 5.74) is 0.217. The Bertz CT molecular complexity index is 461. The molecule has 0 radical (unpaired) electrons. The molecule has 1 aromatic rings. The summed E-state index contributed by atoms with van der Waals surface area (Å²) in [4.78, 5) is 4.22. The van der Waals surface area contributed by atoms with Crippen molar-refractivity contribution >= 4 is 18.4 Å². The number of pyridine rings is 1. The minimum Gasteiger partial charge on any atom is -0.399 e. The smallest absolute Gasteiger partial charge is 0.399 e. The van der Waals surface area contributed by atoms with Crippen LogP contribution in [-0.4, -0.2) is 41.1 Å². The van der Waals surface area contributed by atoms with E-state index in [2.05, 4.69) is 10.3 Å². The van der Waals surface area contributed by atoms with Crippen LogP contribution in [0.3, 0.4) is 0 Å². The summed E-state index contributed by atoms with van der Waals surface area (Å²) in [7, 11) is -0.393. The molecule has 0 spiro atoms. The summed E-state index contributed by atoms with van der Waals surface area (Å²) < 4.78 is 12.0. The maximum atomic E-state index is 9.29. The highest BCUT2D eigenvalue weighted by molar-refractivity contribution is 6.62. The van der Waals surface area contributed by atoms with E-state index in [1.165, 1.54) is 0 Å². The lowest BCUT2D eigenvalue weighted by Crippen LogP contribution is -2.41. The van der Waals surface area contributed by atoms with E-state index in [-0.39, 0.29) is 11.2 Å². The van der Waals surface area contributed by atoms with Gasteiger partial charge in [0.25, 0.3) is 0 Å². The normalized spacial score (nSPS) is 21.8. The molecule has 0 aromatic carbocycles. The van der Waals surface area contributed by atoms with E-state index in [9.17, 15) is 5.11 Å². The minimum atomic E-state index is -0.419. The molecule has 5 nitrogen and oxygen atoms in total. The molecule has 1 atom stereocenters. The number of nitrogens with zero attached hydrogens (tertiary/aromatic N) is 1. The van der Waals surface area contributed by atoms with Gasteiger partial charge >= 0.3 is 7.12 Å². The van der Waals surface area contributed by atoms with E-state index in [0.717, 1.165) is 5.46 Å². The van der Waals surface area contributed by atoms with E-state index < -0.39 is 13.2 Å². The van der Waals surface area contributed by atoms with Crippen LogP contribution in [0.25, 0.3) is 0 Å². The van der Waals surface area contributed by atoms with Crippen LogP contribution in [0.1, 0.15) is 34.6 Å². The molecule has 2 heterocycles. The van der Waals surface area contributed by atoms with Gasteiger partial charge in [-0.2, -0.15) is 0 Å². The lowest BCUT2D eigenvalue weighted by molar-refractivity contribution is 0.00578. The number of rotatable bonds is 4. The van der Waals surface area contributed by atoms with Gasteiger partial charge in [-0.3, -0.25) is 0 Å². The van der Waals surface area contributed by atoms with Crippen molar-refractivity contribution in [3.8, 4) is 0 Å². The molecule has 1 aliphatic rings. The molecule has 0 bridgehead atoms. The molecule has 2 N–H and O–H groups in total. The third-order valence-electron chi connectivity index (χ3n) is 3.89. The van der Waals surface area contributed by atoms with Crippen LogP contribution in [0.4, 0.5) is 5.82 Å². The second-order valence-electron chi connectivity index (χ2n) is 6.29. The number of hydrogen-bond donors (Lipinski definition) is 2. The van der Waals surface area contributed by atoms with Crippen molar-refractivity contribution < 1.29 is 14.4 Å². The fourth-order valence-electron chi connectivity index (χ4n) is 1.92. The Kier molecular flexibility index (Phi) is 4.09. The first-order chi connectivity index (χ1) is 9.21. The quantitative estimate of drug-likeness (QED) is 0.810. The summed E-state index contributed by atoms with van der Waals surface area (Å²) in [6.45, 7) is 10.3. The number of nitrogens with one attached hydrogen (secondary N) is 1. The molecule has 110 valence electrons. The maximum absolute atomic E-state index is 9.29. The molecule has 20 heavy (non-hydrogen) atoms. The highest BCUT2D eigenvalue weighted by Crippen LogP contribution is 2.36. The van der Waals surface area contributed by atoms with Crippen LogP contribution in [0.5, 0.6) is 0 Å². The molecule has 0 amide bonds. The second kappa shape index (κ2) is 5.35. The third kappa shape index (κ3) is 3.14. The first-order valence-electron chi connectivity index (χ1n) is 6.95. The predicted octanol–water partition coefficient (Wildman–Crippen LogP) is 1.17. The fourth-order valence-corrected chi connectivity index (χ4v) is 1.92. The van der Waals surface area contributed by atoms with Crippen molar-refractivity contribution in [2.75, 3.05) is 11.9 Å². The number of aromatic nitrogens is 1. The lowest BCUT2D eigenvalue weighted by atomic mass is 9.80. The molecule has 1 aromatic heterocycles. The van der Waals surface area contributed by atoms with Gasteiger partial charge in [-0.25, -0.2) is 4.98 Å². The highest BCUT2D eigenvalue weighted by Gasteiger charge is 2.51. The average Bonchev–Trinajstić information content (AvgIpc) is 2.56. The molecule has 6 heteroatoms. The maximum Gasteiger partial charge on any atom is 0.495 e. The Morgan fingerprint density at radius 2 is 1.90 bits per heavy atom. The van der Waals surface area contributed by atoms with Gasteiger partial charge in [-0.1, -0.05) is 0 Å². The standard InChI is InChI=1S/C14H23BN2O3/c1-10(18)9-17-12-8-11(6-7-16-12)15-19-13(2,3)14(4,5)20-15/h6-8,10,18H,9H2,1-5H3,(H,16,17)/t10-/m0/s1. The predicted molar refractivity (Wildman–Crippen MR) is 80.1 cm³/mol. The van der Waals surface area contributed by atoms with Crippen molar-refractivity contribution in [1.29, 1.82) is 0 Å². The van der Waals surface area contributed by atoms with Crippen molar-refractivity contribution in [3.63, 3.8) is 0 Å². The molecule has 0 aliphatic carbocycles. The van der Waals surface area contributed by atoms with Crippen LogP contribution in [-0.2, 0) is 9.31 Å². The number of anilines is 1. The number of aliphatic hydroxyl groups excluding tert-OH is 1. The van der Waals surface area contributed by atoms with Crippen LogP contribution >= 0.6 is 0 Å². The molecular formula is C14H23BN2O3. The first-order valence-corrected chi connectivity index (χ1v) is 6.95. The molecule has 1 aliphatic heterocycles. The Balaban J connectivity index is 2.12. The zero-order valence-corrected chi connectivity index (χ0v) is 12.8. The van der Waals surface area contributed by atoms with E-state index in [1.54, 1.807) is 13.1 Å². The summed E-state index contributed by atoms with van der Waals surface area (Å²) in [5.74, 6) is 0.707. The molecule has 1 fully saturated rings. The fraction of sp³-hybridized carbons (Fsp3) is 0.643. The van der Waals surface area contributed by atoms with Gasteiger partial charge in [-0.05, 0) is 52.2 Å². The van der Waals surface area contributed by atoms with Gasteiger partial charge in [-0.15, -0.1) is 0 Å². The topological polar surface area (TPSA) is 63.6 Å². The first kappa shape index (κ1) is 15.3. The van der Waals surface area contributed by atoms with Crippen molar-refractivity contribution in [2.45, 2.75) is 51.9 Å². The van der Waals surface area contributed by atoms with Crippen LogP contribution in [0.15, 0.2) is 18.3 Å². The van der Waals surface area contributed by atoms with Gasteiger partial charge in [0, 0.05) is 12.7 Å². The monoisotopic (exact) mass is 278 g/mol. The summed E-state index contributed by atoms with van der Waals surface area (Å²) in [5, 5.41) is 12.4. The van der Waals surface area contributed by atoms with Gasteiger partial charge in [0.2, 0.25) is 0 Å². The minimum absolute atomic E-state index is 0.353. The van der Waals surface area contributed by atoms with Crippen LogP contribution < -0.4 is 10.8 Å². The average molecular weight is 278 g/mol. The zero-order chi connectivity index (χ0) is 15.0. The van der Waals surface area contributed by atoms with Crippen molar-refractivity contribution in [3.05, 3.63) is 18.3 Å². The van der Waals surface area contributed by atoms with Crippen molar-refractivity contribution in [1.82, 2.24) is 4.98 Å². The Labute approximate surface area is 120 Å². The molecule has 2 rings (SSSR count). The Hall–Kier alpha value is -1.11. The van der Waals surface area contributed by atoms with Crippen LogP contribution in [0.2, 0.25) is 0 Å². The summed E-state index contributed by atoms with van der Waals surface area (Å²) >= 11 is 0. The van der Waals surface area contributed by atoms with Gasteiger partial charge in [0.05, 0.1) is 17.3 Å². The highest BCUT2D eigenvalue weighted by atomic mass is 16.7. The van der Waals surface area contributed by atoms with E-state index in [1.807, 2.05) is 39.8 Å². The zero-order valence-electron chi connectivity index (χ0n) is 12.8. The number of aliphatic hydroxyl groups is 1. The summed E-state index contributed by atoms with van der Waals surface area (Å²) in [6, 6.07) is 3.78. The van der Waals surface area contributed by atoms with Gasteiger partial charge in [0.15, 0.2) is 0 Å². The Morgan fingerprint density at radius 3 is 2.45 bits per heavy atom. The SMILES string of the molecule is C[C@H](O)CNc1cc(B2OC(C)(C)C(C)(C)O2)ccn1. The molecule has 1 saturated heterocycles. The molecule has 0 unspecified atom stereocenters.